The molecule has 2 aromatic rings. The maximum absolute atomic E-state index is 5.92. The van der Waals surface area contributed by atoms with Gasteiger partial charge in [0, 0.05) is 23.9 Å². The molecule has 1 fully saturated rings. The Morgan fingerprint density at radius 2 is 2.11 bits per heavy atom. The zero-order valence-electron chi connectivity index (χ0n) is 10.6. The predicted molar refractivity (Wildman–Crippen MR) is 77.6 cm³/mol. The molecule has 1 aromatic heterocycles. The zero-order valence-corrected chi connectivity index (χ0v) is 11.3. The third-order valence-electron chi connectivity index (χ3n) is 3.47. The van der Waals surface area contributed by atoms with Crippen LogP contribution in [0.5, 0.6) is 0 Å². The smallest absolute Gasteiger partial charge is 0.132 e. The van der Waals surface area contributed by atoms with Crippen molar-refractivity contribution in [3.63, 3.8) is 0 Å². The van der Waals surface area contributed by atoms with Crippen LogP contribution in [0.3, 0.4) is 0 Å². The molecular weight excluding hydrogens is 244 g/mol. The van der Waals surface area contributed by atoms with E-state index in [1.807, 2.05) is 6.07 Å². The second-order valence-electron chi connectivity index (χ2n) is 4.94. The lowest BCUT2D eigenvalue weighted by Crippen LogP contribution is -2.29. The Kier molecular flexibility index (Phi) is 3.13. The summed E-state index contributed by atoms with van der Waals surface area (Å²) in [5.74, 6) is 1.77. The van der Waals surface area contributed by atoms with Gasteiger partial charge < -0.3 is 4.90 Å². The van der Waals surface area contributed by atoms with Gasteiger partial charge in [0.2, 0.25) is 0 Å². The molecular formula is C15H17ClN2. The third kappa shape index (κ3) is 2.17. The molecule has 0 amide bonds. The van der Waals surface area contributed by atoms with Crippen molar-refractivity contribution in [1.82, 2.24) is 4.98 Å². The fraction of sp³-hybridized carbons (Fsp3) is 0.400. The van der Waals surface area contributed by atoms with Gasteiger partial charge in [-0.2, -0.15) is 0 Å². The molecule has 1 heterocycles. The van der Waals surface area contributed by atoms with E-state index >= 15 is 0 Å². The number of benzene rings is 1. The number of pyridine rings is 1. The van der Waals surface area contributed by atoms with E-state index in [0.717, 1.165) is 17.9 Å². The standard InChI is InChI=1S/C15H17ClN2/c1-11-10-12-4-2-3-5-14(12)17-15(11)18(9-8-16)13-6-7-13/h2-5,10,13H,6-9H2,1H3. The van der Waals surface area contributed by atoms with E-state index in [1.165, 1.54) is 23.8 Å². The highest BCUT2D eigenvalue weighted by Crippen LogP contribution is 2.33. The van der Waals surface area contributed by atoms with E-state index in [-0.39, 0.29) is 0 Å². The fourth-order valence-electron chi connectivity index (χ4n) is 2.44. The Hall–Kier alpha value is -1.28. The molecule has 0 atom stereocenters. The Morgan fingerprint density at radius 3 is 2.83 bits per heavy atom. The summed E-state index contributed by atoms with van der Waals surface area (Å²) in [6, 6.07) is 11.2. The van der Waals surface area contributed by atoms with E-state index in [9.17, 15) is 0 Å². The fourth-order valence-corrected chi connectivity index (χ4v) is 2.62. The molecule has 3 rings (SSSR count). The second kappa shape index (κ2) is 4.77. The van der Waals surface area contributed by atoms with Crippen LogP contribution in [-0.2, 0) is 0 Å². The number of aryl methyl sites for hydroxylation is 1. The maximum atomic E-state index is 5.92. The molecule has 3 heteroatoms. The Bertz CT molecular complexity index is 563. The van der Waals surface area contributed by atoms with E-state index in [2.05, 4.69) is 36.1 Å². The van der Waals surface area contributed by atoms with E-state index < -0.39 is 0 Å². The summed E-state index contributed by atoms with van der Waals surface area (Å²) in [5, 5.41) is 1.21. The number of hydrogen-bond acceptors (Lipinski definition) is 2. The van der Waals surface area contributed by atoms with Crippen LogP contribution in [0, 0.1) is 6.92 Å². The lowest BCUT2D eigenvalue weighted by Gasteiger charge is -2.24. The van der Waals surface area contributed by atoms with Crippen LogP contribution in [0.4, 0.5) is 5.82 Å². The minimum Gasteiger partial charge on any atom is -0.352 e. The van der Waals surface area contributed by atoms with Crippen molar-refractivity contribution in [3.8, 4) is 0 Å². The van der Waals surface area contributed by atoms with Crippen LogP contribution in [0.2, 0.25) is 0 Å². The molecule has 0 bridgehead atoms. The number of aromatic nitrogens is 1. The van der Waals surface area contributed by atoms with Gasteiger partial charge >= 0.3 is 0 Å². The van der Waals surface area contributed by atoms with Gasteiger partial charge in [0.05, 0.1) is 5.52 Å². The summed E-state index contributed by atoms with van der Waals surface area (Å²) in [7, 11) is 0. The first-order valence-electron chi connectivity index (χ1n) is 6.48. The molecule has 94 valence electrons. The SMILES string of the molecule is Cc1cc2ccccc2nc1N(CCCl)C1CC1. The molecule has 0 N–H and O–H groups in total. The molecule has 0 aliphatic heterocycles. The number of hydrogen-bond donors (Lipinski definition) is 0. The van der Waals surface area contributed by atoms with Gasteiger partial charge in [-0.3, -0.25) is 0 Å². The van der Waals surface area contributed by atoms with Gasteiger partial charge in [-0.05, 0) is 37.5 Å². The topological polar surface area (TPSA) is 16.1 Å². The zero-order chi connectivity index (χ0) is 12.5. The summed E-state index contributed by atoms with van der Waals surface area (Å²) >= 11 is 5.92. The van der Waals surface area contributed by atoms with Crippen molar-refractivity contribution in [2.24, 2.45) is 0 Å². The molecule has 0 spiro atoms. The van der Waals surface area contributed by atoms with Crippen LogP contribution < -0.4 is 4.90 Å². The highest BCUT2D eigenvalue weighted by atomic mass is 35.5. The maximum Gasteiger partial charge on any atom is 0.132 e. The molecule has 2 nitrogen and oxygen atoms in total. The first-order chi connectivity index (χ1) is 8.79. The normalized spacial score (nSPS) is 15.0. The van der Waals surface area contributed by atoms with Crippen molar-refractivity contribution >= 4 is 28.3 Å². The minimum absolute atomic E-state index is 0.649. The number of rotatable bonds is 4. The van der Waals surface area contributed by atoms with Crippen molar-refractivity contribution in [1.29, 1.82) is 0 Å². The number of para-hydroxylation sites is 1. The first-order valence-corrected chi connectivity index (χ1v) is 7.02. The second-order valence-corrected chi connectivity index (χ2v) is 5.31. The van der Waals surface area contributed by atoms with E-state index in [0.29, 0.717) is 11.9 Å². The third-order valence-corrected chi connectivity index (χ3v) is 3.64. The molecule has 0 saturated heterocycles. The lowest BCUT2D eigenvalue weighted by atomic mass is 10.1. The number of nitrogens with zero attached hydrogens (tertiary/aromatic N) is 2. The summed E-state index contributed by atoms with van der Waals surface area (Å²) in [4.78, 5) is 7.19. The van der Waals surface area contributed by atoms with Crippen molar-refractivity contribution < 1.29 is 0 Å². The average molecular weight is 261 g/mol. The van der Waals surface area contributed by atoms with E-state index in [1.54, 1.807) is 0 Å². The summed E-state index contributed by atoms with van der Waals surface area (Å²) in [5.41, 5.74) is 2.31. The molecule has 0 unspecified atom stereocenters. The molecule has 1 aliphatic carbocycles. The van der Waals surface area contributed by atoms with Gasteiger partial charge in [-0.25, -0.2) is 4.98 Å². The average Bonchev–Trinajstić information content (AvgIpc) is 3.20. The van der Waals surface area contributed by atoms with Crippen LogP contribution in [-0.4, -0.2) is 23.5 Å². The monoisotopic (exact) mass is 260 g/mol. The molecule has 1 aromatic carbocycles. The number of halogens is 1. The lowest BCUT2D eigenvalue weighted by molar-refractivity contribution is 0.810. The number of anilines is 1. The largest absolute Gasteiger partial charge is 0.352 e. The highest BCUT2D eigenvalue weighted by molar-refractivity contribution is 6.18. The summed E-state index contributed by atoms with van der Waals surface area (Å²) in [6.45, 7) is 3.02. The van der Waals surface area contributed by atoms with Crippen LogP contribution >= 0.6 is 11.6 Å². The van der Waals surface area contributed by atoms with E-state index in [4.69, 9.17) is 16.6 Å². The quantitative estimate of drug-likeness (QED) is 0.779. The molecule has 18 heavy (non-hydrogen) atoms. The van der Waals surface area contributed by atoms with Crippen LogP contribution in [0.15, 0.2) is 30.3 Å². The minimum atomic E-state index is 0.649. The predicted octanol–water partition coefficient (Wildman–Crippen LogP) is 3.75. The summed E-state index contributed by atoms with van der Waals surface area (Å²) in [6.07, 6.45) is 2.54. The highest BCUT2D eigenvalue weighted by Gasteiger charge is 2.30. The van der Waals surface area contributed by atoms with Crippen LogP contribution in [0.25, 0.3) is 10.9 Å². The van der Waals surface area contributed by atoms with Crippen LogP contribution in [0.1, 0.15) is 18.4 Å². The molecule has 0 radical (unpaired) electrons. The van der Waals surface area contributed by atoms with Crippen molar-refractivity contribution in [2.75, 3.05) is 17.3 Å². The Morgan fingerprint density at radius 1 is 1.33 bits per heavy atom. The molecule has 1 saturated carbocycles. The molecule has 1 aliphatic rings. The van der Waals surface area contributed by atoms with Crippen molar-refractivity contribution in [3.05, 3.63) is 35.9 Å². The number of alkyl halides is 1. The van der Waals surface area contributed by atoms with Gasteiger partial charge in [0.15, 0.2) is 0 Å². The summed E-state index contributed by atoms with van der Waals surface area (Å²) < 4.78 is 0. The van der Waals surface area contributed by atoms with Crippen molar-refractivity contribution in [2.45, 2.75) is 25.8 Å². The van der Waals surface area contributed by atoms with Gasteiger partial charge in [0.1, 0.15) is 5.82 Å². The van der Waals surface area contributed by atoms with Gasteiger partial charge in [-0.15, -0.1) is 11.6 Å². The Labute approximate surface area is 113 Å². The Balaban J connectivity index is 2.06. The van der Waals surface area contributed by atoms with Gasteiger partial charge in [0.25, 0.3) is 0 Å². The first kappa shape index (κ1) is 11.8. The van der Waals surface area contributed by atoms with Gasteiger partial charge in [-0.1, -0.05) is 18.2 Å². The number of fused-ring (bicyclic) bond motifs is 1.